The molecule has 2 rings (SSSR count). The second-order valence-corrected chi connectivity index (χ2v) is 11.2. The summed E-state index contributed by atoms with van der Waals surface area (Å²) in [6.45, 7) is 11.3. The summed E-state index contributed by atoms with van der Waals surface area (Å²) in [5.41, 5.74) is 8.40. The van der Waals surface area contributed by atoms with Crippen molar-refractivity contribution >= 4 is 40.8 Å². The van der Waals surface area contributed by atoms with Crippen LogP contribution in [0.4, 0.5) is 17.1 Å². The van der Waals surface area contributed by atoms with Crippen molar-refractivity contribution in [1.82, 2.24) is 5.32 Å². The molecule has 0 radical (unpaired) electrons. The molecule has 0 aliphatic heterocycles. The smallest absolute Gasteiger partial charge is 0.268 e. The second kappa shape index (κ2) is 12.4. The number of ether oxygens (including phenoxy) is 1. The van der Waals surface area contributed by atoms with Crippen LogP contribution in [-0.4, -0.2) is 42.4 Å². The Bertz CT molecular complexity index is 1200. The van der Waals surface area contributed by atoms with E-state index in [4.69, 9.17) is 16.3 Å². The zero-order valence-electron chi connectivity index (χ0n) is 23.4. The Balaban J connectivity index is 2.37. The summed E-state index contributed by atoms with van der Waals surface area (Å²) in [6.07, 6.45) is 3.17. The quantitative estimate of drug-likeness (QED) is 0.114. The van der Waals surface area contributed by atoms with E-state index < -0.39 is 11.5 Å². The van der Waals surface area contributed by atoms with E-state index in [0.29, 0.717) is 22.7 Å². The lowest BCUT2D eigenvalue weighted by Gasteiger charge is -2.24. The largest absolute Gasteiger partial charge is 0.492 e. The van der Waals surface area contributed by atoms with Gasteiger partial charge in [-0.05, 0) is 61.6 Å². The number of rotatable bonds is 10. The first-order valence-electron chi connectivity index (χ1n) is 12.0. The highest BCUT2D eigenvalue weighted by molar-refractivity contribution is 7.99. The monoisotopic (exact) mass is 544 g/mol. The highest BCUT2D eigenvalue weighted by Gasteiger charge is 2.22. The normalized spacial score (nSPS) is 12.1. The number of hydrazine groups is 1. The number of nitrogens with two attached hydrogens (primary N) is 2. The number of amides is 2. The number of methoxy groups -OCH3 is 1. The van der Waals surface area contributed by atoms with E-state index in [-0.39, 0.29) is 23.6 Å². The van der Waals surface area contributed by atoms with Gasteiger partial charge in [-0.3, -0.25) is 14.6 Å². The molecule has 2 amide bonds. The van der Waals surface area contributed by atoms with E-state index >= 15 is 0 Å². The summed E-state index contributed by atoms with van der Waals surface area (Å²) in [7, 11) is 1.55. The van der Waals surface area contributed by atoms with Crippen LogP contribution in [0.1, 0.15) is 56.1 Å². The molecular weight excluding hydrogens is 504 g/mol. The van der Waals surface area contributed by atoms with Crippen LogP contribution in [-0.2, 0) is 10.2 Å². The maximum absolute atomic E-state index is 13.3. The zero-order valence-corrected chi connectivity index (χ0v) is 24.2. The van der Waals surface area contributed by atoms with Gasteiger partial charge < -0.3 is 30.9 Å². The number of aliphatic hydroxyl groups is 1. The van der Waals surface area contributed by atoms with Crippen LogP contribution >= 0.6 is 11.9 Å². The first-order valence-corrected chi connectivity index (χ1v) is 13.2. The van der Waals surface area contributed by atoms with Gasteiger partial charge in [0.1, 0.15) is 5.70 Å². The first kappa shape index (κ1) is 30.8. The van der Waals surface area contributed by atoms with Gasteiger partial charge in [0, 0.05) is 24.6 Å². The fourth-order valence-corrected chi connectivity index (χ4v) is 3.83. The van der Waals surface area contributed by atoms with Crippen LogP contribution in [0.25, 0.3) is 0 Å². The highest BCUT2D eigenvalue weighted by atomic mass is 32.2. The average molecular weight is 545 g/mol. The zero-order chi connectivity index (χ0) is 28.8. The number of nitrogens with one attached hydrogen (secondary N) is 3. The van der Waals surface area contributed by atoms with Gasteiger partial charge in [0.05, 0.1) is 29.8 Å². The van der Waals surface area contributed by atoms with Crippen molar-refractivity contribution in [1.29, 1.82) is 0 Å². The van der Waals surface area contributed by atoms with Gasteiger partial charge >= 0.3 is 0 Å². The molecule has 38 heavy (non-hydrogen) atoms. The number of carbonyl (C=O) groups is 2. The molecule has 0 unspecified atom stereocenters. The predicted octanol–water partition coefficient (Wildman–Crippen LogP) is 3.61. The topological polar surface area (TPSA) is 155 Å². The molecule has 0 saturated heterocycles. The van der Waals surface area contributed by atoms with Crippen LogP contribution in [0, 0.1) is 6.92 Å². The van der Waals surface area contributed by atoms with Crippen molar-refractivity contribution in [3.63, 3.8) is 0 Å². The fraction of sp³-hybridized carbons (Fsp3) is 0.407. The van der Waals surface area contributed by atoms with Gasteiger partial charge in [0.25, 0.3) is 11.8 Å². The number of carbonyl (C=O) groups excluding carboxylic acids is 2. The van der Waals surface area contributed by atoms with Crippen LogP contribution < -0.4 is 36.7 Å². The molecule has 0 aliphatic rings. The minimum atomic E-state index is -1.09. The van der Waals surface area contributed by atoms with Gasteiger partial charge in [-0.15, -0.1) is 0 Å². The van der Waals surface area contributed by atoms with Gasteiger partial charge in [0.2, 0.25) is 0 Å². The summed E-state index contributed by atoms with van der Waals surface area (Å²) >= 11 is 1.43. The molecule has 0 saturated carbocycles. The Labute approximate surface area is 229 Å². The molecule has 0 heterocycles. The Hall–Kier alpha value is -3.41. The summed E-state index contributed by atoms with van der Waals surface area (Å²) in [5.74, 6) is 5.77. The lowest BCUT2D eigenvalue weighted by atomic mass is 9.86. The summed E-state index contributed by atoms with van der Waals surface area (Å²) in [4.78, 5) is 25.6. The van der Waals surface area contributed by atoms with E-state index in [2.05, 4.69) is 36.1 Å². The number of hydrogen-bond donors (Lipinski definition) is 6. The molecule has 2 aromatic carbocycles. The van der Waals surface area contributed by atoms with Crippen molar-refractivity contribution in [3.8, 4) is 5.75 Å². The van der Waals surface area contributed by atoms with Gasteiger partial charge in [0.15, 0.2) is 5.75 Å². The third-order valence-electron chi connectivity index (χ3n) is 5.59. The molecule has 0 bridgehead atoms. The fourth-order valence-electron chi connectivity index (χ4n) is 3.46. The van der Waals surface area contributed by atoms with E-state index in [1.807, 2.05) is 25.3 Å². The van der Waals surface area contributed by atoms with Crippen LogP contribution in [0.2, 0.25) is 0 Å². The Morgan fingerprint density at radius 1 is 1.13 bits per heavy atom. The lowest BCUT2D eigenvalue weighted by Crippen LogP contribution is -2.40. The number of anilines is 3. The number of nitrogens with zero attached hydrogens (tertiary/aromatic N) is 1. The molecule has 10 nitrogen and oxygen atoms in total. The number of benzene rings is 2. The van der Waals surface area contributed by atoms with Crippen LogP contribution in [0.5, 0.6) is 5.75 Å². The molecule has 8 N–H and O–H groups in total. The minimum absolute atomic E-state index is 0.0215. The number of hydrogen-bond acceptors (Lipinski definition) is 9. The number of aryl methyl sites for hydroxylation is 1. The Kier molecular flexibility index (Phi) is 10.1. The average Bonchev–Trinajstić information content (AvgIpc) is 2.81. The molecule has 0 aliphatic carbocycles. The maximum Gasteiger partial charge on any atom is 0.268 e. The Morgan fingerprint density at radius 3 is 2.32 bits per heavy atom. The third-order valence-corrected chi connectivity index (χ3v) is 6.01. The van der Waals surface area contributed by atoms with E-state index in [1.54, 1.807) is 39.2 Å². The molecular formula is C27H40N6O4S. The molecule has 0 spiro atoms. The van der Waals surface area contributed by atoms with Gasteiger partial charge in [-0.25, -0.2) is 5.84 Å². The molecule has 0 atom stereocenters. The van der Waals surface area contributed by atoms with Crippen molar-refractivity contribution in [2.45, 2.75) is 52.6 Å². The van der Waals surface area contributed by atoms with Gasteiger partial charge in [-0.1, -0.05) is 38.8 Å². The van der Waals surface area contributed by atoms with E-state index in [9.17, 15) is 14.7 Å². The lowest BCUT2D eigenvalue weighted by molar-refractivity contribution is -0.118. The van der Waals surface area contributed by atoms with Crippen LogP contribution in [0.3, 0.4) is 0 Å². The second-order valence-electron chi connectivity index (χ2n) is 10.6. The summed E-state index contributed by atoms with van der Waals surface area (Å²) < 4.78 is 8.85. The molecule has 2 aromatic rings. The van der Waals surface area contributed by atoms with Crippen molar-refractivity contribution in [2.75, 3.05) is 35.0 Å². The Morgan fingerprint density at radius 2 is 1.76 bits per heavy atom. The van der Waals surface area contributed by atoms with Crippen molar-refractivity contribution < 1.29 is 19.4 Å². The molecule has 208 valence electrons. The predicted molar refractivity (Wildman–Crippen MR) is 156 cm³/mol. The minimum Gasteiger partial charge on any atom is -0.492 e. The van der Waals surface area contributed by atoms with Crippen LogP contribution in [0.15, 0.2) is 42.2 Å². The SMILES string of the molecule is COc1c(NSC)cc(C(C)(C)C)cc1NC(=O)c1ccc(C)c(N(N)/C=C(\N)C(=O)NCC(C)(C)O)c1. The van der Waals surface area contributed by atoms with Gasteiger partial charge in [-0.2, -0.15) is 0 Å². The maximum atomic E-state index is 13.3. The highest BCUT2D eigenvalue weighted by Crippen LogP contribution is 2.39. The van der Waals surface area contributed by atoms with E-state index in [1.165, 1.54) is 23.2 Å². The molecule has 0 fully saturated rings. The molecule has 11 heteroatoms. The van der Waals surface area contributed by atoms with Crippen molar-refractivity contribution in [3.05, 3.63) is 58.9 Å². The first-order chi connectivity index (χ1) is 17.6. The van der Waals surface area contributed by atoms with E-state index in [0.717, 1.165) is 16.8 Å². The van der Waals surface area contributed by atoms with Crippen molar-refractivity contribution in [2.24, 2.45) is 11.6 Å². The summed E-state index contributed by atoms with van der Waals surface area (Å²) in [5, 5.41) is 16.5. The summed E-state index contributed by atoms with van der Waals surface area (Å²) in [6, 6.07) is 8.97. The molecule has 0 aromatic heterocycles. The third kappa shape index (κ3) is 8.30. The standard InChI is InChI=1S/C27H40N6O4S/c1-16-9-10-17(11-22(16)33(29)14-19(28)25(35)30-15-27(5,6)36)24(34)31-20-12-18(26(2,3)4)13-21(32-38-8)23(20)37-7/h9-14,32,36H,15,28-29H2,1-8H3,(H,30,35)(H,31,34)/b19-14-.